The standard InChI is InChI=1S/C33H36N4O4S2/c1-5-7-8-12-23(3)26(6-2)14-11-13-24(4)43(40,41)37-30(33-34-28-15-9-10-16-29(28)35-33)21-25-17-19-27(20-18-25)31-22-32(38)36-42(31)39/h5-10,12-20,30-31,37H,1-2,11,21-22H2,3-4H3,(H,34,35)(H,36,38)/b8-7-,23-12+,24-13+,26-14?. The Morgan fingerprint density at radius 2 is 1.86 bits per heavy atom. The van der Waals surface area contributed by atoms with Gasteiger partial charge in [-0.05, 0) is 61.1 Å². The second-order valence-corrected chi connectivity index (χ2v) is 13.4. The monoisotopic (exact) mass is 616 g/mol. The van der Waals surface area contributed by atoms with Crippen LogP contribution in [0.25, 0.3) is 11.0 Å². The van der Waals surface area contributed by atoms with Crippen molar-refractivity contribution in [2.75, 3.05) is 0 Å². The van der Waals surface area contributed by atoms with Crippen molar-refractivity contribution in [3.8, 4) is 0 Å². The van der Waals surface area contributed by atoms with Gasteiger partial charge in [0.25, 0.3) is 0 Å². The predicted molar refractivity (Wildman–Crippen MR) is 174 cm³/mol. The topological polar surface area (TPSA) is 121 Å². The molecule has 3 aromatic rings. The van der Waals surface area contributed by atoms with Gasteiger partial charge in [0.1, 0.15) is 16.8 Å². The summed E-state index contributed by atoms with van der Waals surface area (Å²) in [5, 5.41) is -0.405. The first-order valence-electron chi connectivity index (χ1n) is 13.8. The summed E-state index contributed by atoms with van der Waals surface area (Å²) in [7, 11) is -5.33. The maximum Gasteiger partial charge on any atom is 0.236 e. The minimum absolute atomic E-state index is 0.171. The highest BCUT2D eigenvalue weighted by Gasteiger charge is 2.31. The van der Waals surface area contributed by atoms with Crippen molar-refractivity contribution in [1.82, 2.24) is 19.4 Å². The molecule has 3 N–H and O–H groups in total. The molecular formula is C33H36N4O4S2. The lowest BCUT2D eigenvalue weighted by atomic mass is 10.0. The van der Waals surface area contributed by atoms with E-state index in [9.17, 15) is 17.4 Å². The number of para-hydroxylation sites is 2. The molecule has 10 heteroatoms. The maximum atomic E-state index is 13.5. The number of allylic oxidation sites excluding steroid dienone is 10. The Morgan fingerprint density at radius 3 is 2.51 bits per heavy atom. The Morgan fingerprint density at radius 1 is 1.12 bits per heavy atom. The van der Waals surface area contributed by atoms with Gasteiger partial charge in [0, 0.05) is 6.42 Å². The van der Waals surface area contributed by atoms with Crippen molar-refractivity contribution in [3.05, 3.63) is 137 Å². The van der Waals surface area contributed by atoms with Crippen LogP contribution in [0.15, 0.2) is 120 Å². The molecule has 1 aliphatic heterocycles. The molecule has 224 valence electrons. The predicted octanol–water partition coefficient (Wildman–Crippen LogP) is 6.09. The van der Waals surface area contributed by atoms with E-state index in [0.29, 0.717) is 18.7 Å². The van der Waals surface area contributed by atoms with Crippen LogP contribution < -0.4 is 9.44 Å². The van der Waals surface area contributed by atoms with E-state index in [1.54, 1.807) is 25.2 Å². The molecule has 1 saturated heterocycles. The maximum absolute atomic E-state index is 13.5. The van der Waals surface area contributed by atoms with E-state index in [1.807, 2.05) is 79.8 Å². The Hall–Kier alpha value is -4.12. The highest BCUT2D eigenvalue weighted by atomic mass is 32.2. The average Bonchev–Trinajstić information content (AvgIpc) is 3.57. The molecule has 3 unspecified atom stereocenters. The van der Waals surface area contributed by atoms with E-state index >= 15 is 0 Å². The number of aromatic amines is 1. The number of fused-ring (bicyclic) bond motifs is 1. The third kappa shape index (κ3) is 8.25. The number of benzene rings is 2. The number of aromatic nitrogens is 2. The Labute approximate surface area is 255 Å². The zero-order chi connectivity index (χ0) is 31.0. The van der Waals surface area contributed by atoms with E-state index < -0.39 is 32.3 Å². The lowest BCUT2D eigenvalue weighted by Gasteiger charge is -2.18. The molecule has 2 heterocycles. The Kier molecular flexibility index (Phi) is 10.6. The lowest BCUT2D eigenvalue weighted by Crippen LogP contribution is -2.31. The van der Waals surface area contributed by atoms with Gasteiger partial charge in [0.15, 0.2) is 0 Å². The summed E-state index contributed by atoms with van der Waals surface area (Å²) in [6, 6.07) is 14.2. The highest BCUT2D eigenvalue weighted by molar-refractivity contribution is 7.93. The van der Waals surface area contributed by atoms with Crippen LogP contribution in [0.2, 0.25) is 0 Å². The molecule has 0 aliphatic carbocycles. The number of imidazole rings is 1. The van der Waals surface area contributed by atoms with Gasteiger partial charge < -0.3 is 4.98 Å². The first-order chi connectivity index (χ1) is 20.6. The Balaban J connectivity index is 1.56. The molecule has 8 nitrogen and oxygen atoms in total. The van der Waals surface area contributed by atoms with E-state index in [-0.39, 0.29) is 17.2 Å². The number of sulfonamides is 1. The van der Waals surface area contributed by atoms with E-state index in [4.69, 9.17) is 0 Å². The van der Waals surface area contributed by atoms with Gasteiger partial charge in [-0.1, -0.05) is 92.1 Å². The third-order valence-electron chi connectivity index (χ3n) is 7.11. The van der Waals surface area contributed by atoms with Gasteiger partial charge in [-0.3, -0.25) is 9.52 Å². The van der Waals surface area contributed by atoms with Gasteiger partial charge >= 0.3 is 0 Å². The largest absolute Gasteiger partial charge is 0.341 e. The summed E-state index contributed by atoms with van der Waals surface area (Å²) in [5.41, 5.74) is 5.09. The van der Waals surface area contributed by atoms with Crippen LogP contribution >= 0.6 is 0 Å². The van der Waals surface area contributed by atoms with Crippen LogP contribution in [-0.2, 0) is 32.2 Å². The van der Waals surface area contributed by atoms with Crippen molar-refractivity contribution in [2.24, 2.45) is 0 Å². The van der Waals surface area contributed by atoms with E-state index in [1.165, 1.54) is 0 Å². The summed E-state index contributed by atoms with van der Waals surface area (Å²) < 4.78 is 44.5. The Bertz CT molecular complexity index is 1730. The number of nitrogens with zero attached hydrogens (tertiary/aromatic N) is 1. The number of amides is 1. The van der Waals surface area contributed by atoms with Gasteiger partial charge in [-0.2, -0.15) is 0 Å². The molecule has 4 rings (SSSR count). The molecule has 1 fully saturated rings. The van der Waals surface area contributed by atoms with Crippen LogP contribution in [-0.4, -0.2) is 28.5 Å². The average molecular weight is 617 g/mol. The van der Waals surface area contributed by atoms with Gasteiger partial charge in [-0.15, -0.1) is 0 Å². The number of nitrogens with one attached hydrogen (secondary N) is 3. The first kappa shape index (κ1) is 31.8. The summed E-state index contributed by atoms with van der Waals surface area (Å²) >= 11 is 0. The number of hydrogen-bond donors (Lipinski definition) is 3. The van der Waals surface area contributed by atoms with E-state index in [0.717, 1.165) is 33.3 Å². The first-order valence-corrected chi connectivity index (χ1v) is 16.5. The molecule has 2 aromatic carbocycles. The van der Waals surface area contributed by atoms with Crippen LogP contribution in [0, 0.1) is 0 Å². The van der Waals surface area contributed by atoms with Gasteiger partial charge in [0.2, 0.25) is 15.9 Å². The smallest absolute Gasteiger partial charge is 0.236 e. The summed E-state index contributed by atoms with van der Waals surface area (Å²) in [4.78, 5) is 19.8. The highest BCUT2D eigenvalue weighted by Crippen LogP contribution is 2.29. The number of carbonyl (C=O) groups excluding carboxylic acids is 1. The fourth-order valence-electron chi connectivity index (χ4n) is 4.67. The van der Waals surface area contributed by atoms with Crippen LogP contribution in [0.4, 0.5) is 0 Å². The molecule has 43 heavy (non-hydrogen) atoms. The minimum Gasteiger partial charge on any atom is -0.341 e. The number of rotatable bonds is 13. The fourth-order valence-corrected chi connectivity index (χ4v) is 6.90. The summed E-state index contributed by atoms with van der Waals surface area (Å²) in [6.45, 7) is 11.1. The normalized spacial score (nSPS) is 19.1. The molecule has 0 radical (unpaired) electrons. The molecule has 0 bridgehead atoms. The van der Waals surface area contributed by atoms with E-state index in [2.05, 4.69) is 32.6 Å². The zero-order valence-electron chi connectivity index (χ0n) is 24.2. The molecule has 0 saturated carbocycles. The zero-order valence-corrected chi connectivity index (χ0v) is 25.9. The number of hydrogen-bond acceptors (Lipinski definition) is 5. The van der Waals surface area contributed by atoms with Crippen molar-refractivity contribution in [1.29, 1.82) is 0 Å². The van der Waals surface area contributed by atoms with Gasteiger partial charge in [0.05, 0.1) is 27.2 Å². The number of H-pyrrole nitrogens is 1. The van der Waals surface area contributed by atoms with Crippen molar-refractivity contribution >= 4 is 37.9 Å². The molecule has 1 aromatic heterocycles. The lowest BCUT2D eigenvalue weighted by molar-refractivity contribution is -0.118. The molecule has 1 aliphatic rings. The molecule has 0 spiro atoms. The van der Waals surface area contributed by atoms with Gasteiger partial charge in [-0.25, -0.2) is 22.3 Å². The SMILES string of the molecule is C=C/C=C\C=C(/C)C(C=C)=CC/C=C(\C)S(=O)(=O)NC(Cc1ccc(C2CC(=O)NS2=O)cc1)c1nc2ccccc2[nH]1. The van der Waals surface area contributed by atoms with Crippen LogP contribution in [0.1, 0.15) is 54.9 Å². The summed E-state index contributed by atoms with van der Waals surface area (Å²) in [6.07, 6.45) is 13.6. The van der Waals surface area contributed by atoms with Crippen molar-refractivity contribution < 1.29 is 17.4 Å². The minimum atomic E-state index is -3.87. The molecule has 3 atom stereocenters. The fraction of sp³-hybridized carbons (Fsp3) is 0.212. The van der Waals surface area contributed by atoms with Crippen molar-refractivity contribution in [3.63, 3.8) is 0 Å². The quantitative estimate of drug-likeness (QED) is 0.201. The second-order valence-electron chi connectivity index (χ2n) is 10.2. The molecular weight excluding hydrogens is 581 g/mol. The van der Waals surface area contributed by atoms with Crippen molar-refractivity contribution in [2.45, 2.75) is 44.4 Å². The number of carbonyl (C=O) groups is 1. The molecule has 1 amide bonds. The van der Waals surface area contributed by atoms with Crippen LogP contribution in [0.3, 0.4) is 0 Å². The summed E-state index contributed by atoms with van der Waals surface area (Å²) in [5.74, 6) is 0.259. The van der Waals surface area contributed by atoms with Crippen LogP contribution in [0.5, 0.6) is 0 Å². The third-order valence-corrected chi connectivity index (χ3v) is 10.1. The second kappa shape index (κ2) is 14.4.